The number of piperidine rings is 4. The molecule has 6 aliphatic rings. The van der Waals surface area contributed by atoms with Gasteiger partial charge in [0.1, 0.15) is 35.4 Å². The highest BCUT2D eigenvalue weighted by Gasteiger charge is 2.45. The Labute approximate surface area is 406 Å². The number of hydrogen-bond donors (Lipinski definition) is 2. The van der Waals surface area contributed by atoms with Crippen molar-refractivity contribution in [3.63, 3.8) is 0 Å². The van der Waals surface area contributed by atoms with Crippen LogP contribution in [0.3, 0.4) is 0 Å². The number of para-hydroxylation sites is 1. The number of hydrogen-bond acceptors (Lipinski definition) is 13. The molecule has 18 heteroatoms. The van der Waals surface area contributed by atoms with E-state index in [1.54, 1.807) is 12.1 Å². The SMILES string of the molecule is Nc1ncnc2c1c(-c1ccc(Oc3ccccc3)cc1)nn2[C@@H]1CCCN(CC2CCN(C(=O)N3CCC(CN4CCN(c5ccc6c(c5)C(=O)N(C5CCC(=O)NC5=O)C6=O)CC4)CC3)CC2)C1. The van der Waals surface area contributed by atoms with Gasteiger partial charge in [0, 0.05) is 89.7 Å². The van der Waals surface area contributed by atoms with Crippen LogP contribution in [0.25, 0.3) is 22.3 Å². The summed E-state index contributed by atoms with van der Waals surface area (Å²) in [6, 6.07) is 22.3. The normalized spacial score (nSPS) is 22.2. The molecule has 364 valence electrons. The van der Waals surface area contributed by atoms with Crippen molar-refractivity contribution in [2.75, 3.05) is 89.2 Å². The van der Waals surface area contributed by atoms with E-state index >= 15 is 0 Å². The van der Waals surface area contributed by atoms with E-state index in [0.717, 1.165) is 161 Å². The van der Waals surface area contributed by atoms with Gasteiger partial charge >= 0.3 is 6.03 Å². The molecule has 3 aromatic carbocycles. The number of benzene rings is 3. The Kier molecular flexibility index (Phi) is 12.7. The smallest absolute Gasteiger partial charge is 0.319 e. The average Bonchev–Trinajstić information content (AvgIpc) is 3.90. The number of piperazine rings is 1. The average molecular weight is 949 g/mol. The fourth-order valence-electron chi connectivity index (χ4n) is 11.5. The number of amides is 6. The molecule has 6 amide bonds. The van der Waals surface area contributed by atoms with Gasteiger partial charge in [-0.2, -0.15) is 5.10 Å². The number of nitrogen functional groups attached to an aromatic ring is 1. The van der Waals surface area contributed by atoms with Crippen molar-refractivity contribution in [2.24, 2.45) is 11.8 Å². The van der Waals surface area contributed by atoms with Crippen LogP contribution in [0, 0.1) is 11.8 Å². The van der Waals surface area contributed by atoms with Crippen molar-refractivity contribution in [2.45, 2.75) is 63.5 Å². The van der Waals surface area contributed by atoms with E-state index in [2.05, 4.69) is 39.5 Å². The van der Waals surface area contributed by atoms with Gasteiger partial charge in [-0.05, 0) is 118 Å². The molecule has 5 fully saturated rings. The van der Waals surface area contributed by atoms with Gasteiger partial charge in [-0.1, -0.05) is 18.2 Å². The molecule has 1 unspecified atom stereocenters. The second kappa shape index (κ2) is 19.5. The topological polar surface area (TPSA) is 196 Å². The van der Waals surface area contributed by atoms with Crippen molar-refractivity contribution >= 4 is 52.2 Å². The van der Waals surface area contributed by atoms with Crippen LogP contribution in [-0.2, 0) is 9.59 Å². The lowest BCUT2D eigenvalue weighted by atomic mass is 9.94. The summed E-state index contributed by atoms with van der Waals surface area (Å²) in [5, 5.41) is 8.19. The minimum atomic E-state index is -0.977. The van der Waals surface area contributed by atoms with Gasteiger partial charge in [0.05, 0.1) is 22.6 Å². The molecule has 0 saturated carbocycles. The molecular formula is C52H60N12O6. The maximum Gasteiger partial charge on any atom is 0.319 e. The van der Waals surface area contributed by atoms with E-state index < -0.39 is 29.7 Å². The minimum absolute atomic E-state index is 0.0901. The number of anilines is 2. The zero-order valence-corrected chi connectivity index (χ0v) is 39.5. The van der Waals surface area contributed by atoms with Crippen molar-refractivity contribution < 1.29 is 28.7 Å². The third-order valence-corrected chi connectivity index (χ3v) is 15.4. The van der Waals surface area contributed by atoms with Crippen molar-refractivity contribution in [3.05, 3.63) is 90.3 Å². The van der Waals surface area contributed by atoms with E-state index in [1.807, 2.05) is 60.7 Å². The Morgan fingerprint density at radius 3 is 2.07 bits per heavy atom. The highest BCUT2D eigenvalue weighted by atomic mass is 16.5. The molecule has 11 rings (SSSR count). The van der Waals surface area contributed by atoms with Crippen LogP contribution < -0.4 is 20.7 Å². The number of nitrogens with one attached hydrogen (secondary N) is 1. The van der Waals surface area contributed by atoms with Gasteiger partial charge in [-0.25, -0.2) is 19.4 Å². The lowest BCUT2D eigenvalue weighted by Crippen LogP contribution is -2.54. The fraction of sp³-hybridized carbons (Fsp3) is 0.462. The second-order valence-corrected chi connectivity index (χ2v) is 19.9. The van der Waals surface area contributed by atoms with Gasteiger partial charge in [0.15, 0.2) is 5.65 Å². The molecule has 5 aromatic rings. The van der Waals surface area contributed by atoms with Crippen LogP contribution in [0.5, 0.6) is 11.5 Å². The monoisotopic (exact) mass is 948 g/mol. The van der Waals surface area contributed by atoms with Crippen LogP contribution in [-0.4, -0.2) is 158 Å². The largest absolute Gasteiger partial charge is 0.457 e. The first-order valence-corrected chi connectivity index (χ1v) is 25.0. The molecule has 70 heavy (non-hydrogen) atoms. The Morgan fingerprint density at radius 1 is 0.700 bits per heavy atom. The summed E-state index contributed by atoms with van der Waals surface area (Å²) in [5.74, 6) is 1.01. The predicted octanol–water partition coefficient (Wildman–Crippen LogP) is 5.27. The Hall–Kier alpha value is -6.92. The van der Waals surface area contributed by atoms with Crippen LogP contribution >= 0.6 is 0 Å². The standard InChI is InChI=1S/C52H60N12O6/c53-47-45-46(36-8-11-40(12-9-36)70-39-6-2-1-3-7-39)57-64(48(45)55-33-54-47)38-5-4-20-59(32-38)31-35-18-23-62(24-19-35)52(69)61-21-16-34(17-22-61)30-58-25-27-60(28-26-58)37-10-13-41-42(29-37)51(68)63(50(41)67)43-14-15-44(65)56-49(43)66/h1-3,6-13,29,33-35,38,43H,4-5,14-28,30-32H2,(H2,53,54,55)(H,56,65,66)/t38-,43?/m1/s1. The maximum absolute atomic E-state index is 13.8. The van der Waals surface area contributed by atoms with E-state index in [0.29, 0.717) is 28.8 Å². The molecule has 8 heterocycles. The molecule has 3 N–H and O–H groups in total. The number of rotatable bonds is 10. The molecule has 0 bridgehead atoms. The molecule has 5 saturated heterocycles. The molecule has 0 aliphatic carbocycles. The van der Waals surface area contributed by atoms with Gasteiger partial charge in [0.2, 0.25) is 11.8 Å². The van der Waals surface area contributed by atoms with Gasteiger partial charge in [-0.15, -0.1) is 0 Å². The highest BCUT2D eigenvalue weighted by Crippen LogP contribution is 2.36. The Balaban J connectivity index is 0.624. The number of imide groups is 2. The Bertz CT molecular complexity index is 2780. The third kappa shape index (κ3) is 9.17. The zero-order chi connectivity index (χ0) is 47.9. The van der Waals surface area contributed by atoms with E-state index in [4.69, 9.17) is 20.6 Å². The summed E-state index contributed by atoms with van der Waals surface area (Å²) >= 11 is 0. The molecule has 18 nitrogen and oxygen atoms in total. The molecule has 6 aliphatic heterocycles. The van der Waals surface area contributed by atoms with Crippen LogP contribution in [0.1, 0.15) is 78.1 Å². The number of ether oxygens (including phenoxy) is 1. The number of carbonyl (C=O) groups excluding carboxylic acids is 5. The first-order valence-electron chi connectivity index (χ1n) is 25.0. The minimum Gasteiger partial charge on any atom is -0.457 e. The van der Waals surface area contributed by atoms with Crippen LogP contribution in [0.4, 0.5) is 16.3 Å². The summed E-state index contributed by atoms with van der Waals surface area (Å²) in [6.07, 6.45) is 7.80. The van der Waals surface area contributed by atoms with Crippen molar-refractivity contribution in [3.8, 4) is 22.8 Å². The van der Waals surface area contributed by atoms with Gasteiger partial charge < -0.3 is 30.1 Å². The zero-order valence-electron chi connectivity index (χ0n) is 39.5. The number of fused-ring (bicyclic) bond motifs is 2. The van der Waals surface area contributed by atoms with E-state index in [1.165, 1.54) is 6.33 Å². The van der Waals surface area contributed by atoms with Crippen molar-refractivity contribution in [1.82, 2.24) is 49.6 Å². The third-order valence-electron chi connectivity index (χ3n) is 15.4. The lowest BCUT2D eigenvalue weighted by molar-refractivity contribution is -0.136. The predicted molar refractivity (Wildman–Crippen MR) is 262 cm³/mol. The van der Waals surface area contributed by atoms with Gasteiger partial charge in [-0.3, -0.25) is 34.3 Å². The molecule has 2 aromatic heterocycles. The quantitative estimate of drug-likeness (QED) is 0.172. The molecule has 2 atom stereocenters. The number of nitrogens with zero attached hydrogens (tertiary/aromatic N) is 10. The molecule has 0 radical (unpaired) electrons. The number of nitrogens with two attached hydrogens (primary N) is 1. The number of carbonyl (C=O) groups is 5. The van der Waals surface area contributed by atoms with E-state index in [9.17, 15) is 24.0 Å². The van der Waals surface area contributed by atoms with Crippen LogP contribution in [0.2, 0.25) is 0 Å². The maximum atomic E-state index is 13.8. The number of aromatic nitrogens is 4. The first kappa shape index (κ1) is 45.5. The van der Waals surface area contributed by atoms with Crippen LogP contribution in [0.15, 0.2) is 79.1 Å². The highest BCUT2D eigenvalue weighted by molar-refractivity contribution is 6.23. The Morgan fingerprint density at radius 2 is 1.37 bits per heavy atom. The van der Waals surface area contributed by atoms with Crippen molar-refractivity contribution in [1.29, 1.82) is 0 Å². The summed E-state index contributed by atoms with van der Waals surface area (Å²) in [5.41, 5.74) is 10.4. The molecule has 0 spiro atoms. The van der Waals surface area contributed by atoms with Gasteiger partial charge in [0.25, 0.3) is 11.8 Å². The molecular weight excluding hydrogens is 889 g/mol. The first-order chi connectivity index (χ1) is 34.1. The summed E-state index contributed by atoms with van der Waals surface area (Å²) in [4.78, 5) is 86.1. The summed E-state index contributed by atoms with van der Waals surface area (Å²) in [6.45, 7) is 10.4. The lowest BCUT2D eigenvalue weighted by Gasteiger charge is -2.42. The number of likely N-dealkylation sites (tertiary alicyclic amines) is 3. The van der Waals surface area contributed by atoms with E-state index in [-0.39, 0.29) is 24.9 Å². The number of urea groups is 1. The summed E-state index contributed by atoms with van der Waals surface area (Å²) < 4.78 is 8.11. The summed E-state index contributed by atoms with van der Waals surface area (Å²) in [7, 11) is 0. The fourth-order valence-corrected chi connectivity index (χ4v) is 11.5. The second-order valence-electron chi connectivity index (χ2n) is 19.9.